The summed E-state index contributed by atoms with van der Waals surface area (Å²) in [6, 6.07) is 5.52. The van der Waals surface area contributed by atoms with E-state index in [9.17, 15) is 15.0 Å². The second kappa shape index (κ2) is 9.89. The van der Waals surface area contributed by atoms with Crippen molar-refractivity contribution in [3.8, 4) is 5.75 Å². The molecule has 3 heterocycles. The molecule has 0 saturated carbocycles. The fourth-order valence-electron chi connectivity index (χ4n) is 4.04. The van der Waals surface area contributed by atoms with E-state index in [1.54, 1.807) is 28.7 Å². The Balaban J connectivity index is 1.49. The van der Waals surface area contributed by atoms with Gasteiger partial charge in [0, 0.05) is 14.1 Å². The SMILES string of the molecule is COc1ccc(C[C@H](N)C(=O)N[C@H]2[C@H](O)[C@@H](n3cnc4c(N(C)C)ncnc43)O[C@@H]2CO)cc1. The number of fused-ring (bicyclic) bond motifs is 1. The molecular weight excluding hydrogens is 442 g/mol. The van der Waals surface area contributed by atoms with Crippen LogP contribution in [-0.4, -0.2) is 87.7 Å². The Labute approximate surface area is 196 Å². The van der Waals surface area contributed by atoms with Gasteiger partial charge in [-0.15, -0.1) is 0 Å². The van der Waals surface area contributed by atoms with Crippen molar-refractivity contribution >= 4 is 22.9 Å². The van der Waals surface area contributed by atoms with Gasteiger partial charge in [0.2, 0.25) is 5.91 Å². The third kappa shape index (κ3) is 4.53. The number of rotatable bonds is 8. The highest BCUT2D eigenvalue weighted by Gasteiger charge is 2.46. The normalized spacial score (nSPS) is 23.1. The summed E-state index contributed by atoms with van der Waals surface area (Å²) < 4.78 is 12.6. The molecule has 5 N–H and O–H groups in total. The average molecular weight is 472 g/mol. The summed E-state index contributed by atoms with van der Waals surface area (Å²) in [5.74, 6) is 0.861. The molecule has 12 heteroatoms. The predicted octanol–water partition coefficient (Wildman–Crippen LogP) is -0.794. The lowest BCUT2D eigenvalue weighted by atomic mass is 10.0. The monoisotopic (exact) mass is 471 g/mol. The van der Waals surface area contributed by atoms with E-state index in [4.69, 9.17) is 15.2 Å². The van der Waals surface area contributed by atoms with Crippen LogP contribution >= 0.6 is 0 Å². The number of methoxy groups -OCH3 is 1. The Hall–Kier alpha value is -3.32. The van der Waals surface area contributed by atoms with Crippen molar-refractivity contribution in [3.63, 3.8) is 0 Å². The molecule has 182 valence electrons. The van der Waals surface area contributed by atoms with Crippen LogP contribution < -0.4 is 20.7 Å². The van der Waals surface area contributed by atoms with E-state index in [1.807, 2.05) is 26.2 Å². The summed E-state index contributed by atoms with van der Waals surface area (Å²) >= 11 is 0. The van der Waals surface area contributed by atoms with E-state index < -0.39 is 43.0 Å². The zero-order chi connectivity index (χ0) is 24.4. The quantitative estimate of drug-likeness (QED) is 0.328. The van der Waals surface area contributed by atoms with Gasteiger partial charge in [-0.3, -0.25) is 9.36 Å². The van der Waals surface area contributed by atoms with E-state index in [1.165, 1.54) is 12.7 Å². The highest BCUT2D eigenvalue weighted by Crippen LogP contribution is 2.32. The lowest BCUT2D eigenvalue weighted by molar-refractivity contribution is -0.124. The number of aliphatic hydroxyl groups excluding tert-OH is 2. The number of imidazole rings is 1. The van der Waals surface area contributed by atoms with Gasteiger partial charge in [-0.1, -0.05) is 12.1 Å². The lowest BCUT2D eigenvalue weighted by Gasteiger charge is -2.23. The van der Waals surface area contributed by atoms with Crippen LogP contribution in [0, 0.1) is 0 Å². The topological polar surface area (TPSA) is 161 Å². The Bertz CT molecular complexity index is 1140. The number of ether oxygens (including phenoxy) is 2. The van der Waals surface area contributed by atoms with Gasteiger partial charge in [-0.05, 0) is 24.1 Å². The maximum Gasteiger partial charge on any atom is 0.237 e. The van der Waals surface area contributed by atoms with Crippen molar-refractivity contribution in [3.05, 3.63) is 42.5 Å². The molecule has 12 nitrogen and oxygen atoms in total. The minimum Gasteiger partial charge on any atom is -0.497 e. The number of carbonyl (C=O) groups is 1. The van der Waals surface area contributed by atoms with Crippen LogP contribution in [0.1, 0.15) is 11.8 Å². The molecule has 1 saturated heterocycles. The molecule has 0 unspecified atom stereocenters. The van der Waals surface area contributed by atoms with Crippen LogP contribution in [-0.2, 0) is 16.0 Å². The maximum absolute atomic E-state index is 12.8. The zero-order valence-electron chi connectivity index (χ0n) is 19.2. The number of anilines is 1. The minimum absolute atomic E-state index is 0.295. The summed E-state index contributed by atoms with van der Waals surface area (Å²) in [5.41, 5.74) is 7.98. The number of aliphatic hydroxyl groups is 2. The molecule has 4 rings (SSSR count). The van der Waals surface area contributed by atoms with Crippen LogP contribution in [0.15, 0.2) is 36.9 Å². The minimum atomic E-state index is -1.18. The number of nitrogens with zero attached hydrogens (tertiary/aromatic N) is 5. The summed E-state index contributed by atoms with van der Waals surface area (Å²) in [4.78, 5) is 27.5. The molecule has 34 heavy (non-hydrogen) atoms. The van der Waals surface area contributed by atoms with Gasteiger partial charge >= 0.3 is 0 Å². The Morgan fingerprint density at radius 3 is 2.68 bits per heavy atom. The molecule has 5 atom stereocenters. The highest BCUT2D eigenvalue weighted by atomic mass is 16.5. The van der Waals surface area contributed by atoms with Crippen molar-refractivity contribution in [2.75, 3.05) is 32.7 Å². The number of carbonyl (C=O) groups excluding carboxylic acids is 1. The number of hydrogen-bond acceptors (Lipinski definition) is 10. The maximum atomic E-state index is 12.8. The van der Waals surface area contributed by atoms with Crippen LogP contribution in [0.25, 0.3) is 11.2 Å². The molecule has 2 aromatic heterocycles. The van der Waals surface area contributed by atoms with Crippen LogP contribution in [0.3, 0.4) is 0 Å². The van der Waals surface area contributed by atoms with Crippen molar-refractivity contribution in [2.24, 2.45) is 5.73 Å². The first kappa shape index (κ1) is 23.8. The molecule has 0 aliphatic carbocycles. The Kier molecular flexibility index (Phi) is 6.93. The zero-order valence-corrected chi connectivity index (χ0v) is 19.2. The fourth-order valence-corrected chi connectivity index (χ4v) is 4.04. The molecule has 0 bridgehead atoms. The summed E-state index contributed by atoms with van der Waals surface area (Å²) in [6.45, 7) is -0.406. The lowest BCUT2D eigenvalue weighted by Crippen LogP contribution is -2.53. The smallest absolute Gasteiger partial charge is 0.237 e. The van der Waals surface area contributed by atoms with E-state index >= 15 is 0 Å². The summed E-state index contributed by atoms with van der Waals surface area (Å²) in [7, 11) is 5.25. The van der Waals surface area contributed by atoms with E-state index in [-0.39, 0.29) is 0 Å². The molecule has 1 aliphatic heterocycles. The van der Waals surface area contributed by atoms with Gasteiger partial charge in [0.1, 0.15) is 24.3 Å². The van der Waals surface area contributed by atoms with Crippen molar-refractivity contribution < 1.29 is 24.5 Å². The largest absolute Gasteiger partial charge is 0.497 e. The van der Waals surface area contributed by atoms with Crippen molar-refractivity contribution in [1.29, 1.82) is 0 Å². The average Bonchev–Trinajstić information content (AvgIpc) is 3.40. The molecule has 3 aromatic rings. The Morgan fingerprint density at radius 1 is 1.29 bits per heavy atom. The van der Waals surface area contributed by atoms with E-state index in [0.717, 1.165) is 5.56 Å². The van der Waals surface area contributed by atoms with Gasteiger partial charge in [0.05, 0.1) is 32.1 Å². The van der Waals surface area contributed by atoms with Gasteiger partial charge in [-0.2, -0.15) is 0 Å². The molecule has 1 fully saturated rings. The molecular formula is C22H29N7O5. The number of benzene rings is 1. The summed E-state index contributed by atoms with van der Waals surface area (Å²) in [6.07, 6.45) is 0.250. The number of nitrogens with one attached hydrogen (secondary N) is 1. The first-order chi connectivity index (χ1) is 16.3. The van der Waals surface area contributed by atoms with E-state index in [2.05, 4.69) is 20.3 Å². The highest BCUT2D eigenvalue weighted by molar-refractivity contribution is 5.83. The van der Waals surface area contributed by atoms with Crippen molar-refractivity contribution in [2.45, 2.75) is 36.9 Å². The molecule has 0 spiro atoms. The van der Waals surface area contributed by atoms with Gasteiger partial charge in [0.15, 0.2) is 23.2 Å². The third-order valence-electron chi connectivity index (χ3n) is 5.85. The number of aromatic nitrogens is 4. The first-order valence-corrected chi connectivity index (χ1v) is 10.8. The van der Waals surface area contributed by atoms with Crippen LogP contribution in [0.4, 0.5) is 5.82 Å². The third-order valence-corrected chi connectivity index (χ3v) is 5.85. The van der Waals surface area contributed by atoms with Crippen LogP contribution in [0.5, 0.6) is 5.75 Å². The Morgan fingerprint density at radius 2 is 2.03 bits per heavy atom. The summed E-state index contributed by atoms with van der Waals surface area (Å²) in [5, 5.41) is 23.6. The van der Waals surface area contributed by atoms with E-state index in [0.29, 0.717) is 29.2 Å². The van der Waals surface area contributed by atoms with Gasteiger partial charge in [0.25, 0.3) is 0 Å². The number of amides is 1. The molecule has 0 radical (unpaired) electrons. The molecule has 1 aromatic carbocycles. The fraction of sp³-hybridized carbons (Fsp3) is 0.455. The number of nitrogens with two attached hydrogens (primary N) is 1. The molecule has 1 amide bonds. The van der Waals surface area contributed by atoms with Crippen LogP contribution in [0.2, 0.25) is 0 Å². The van der Waals surface area contributed by atoms with Gasteiger partial charge in [-0.25, -0.2) is 15.0 Å². The standard InChI is InChI=1S/C22H29N7O5/c1-28(2)19-17-20(25-10-24-19)29(11-26-17)22-18(31)16(15(9-30)34-22)27-21(32)14(23)8-12-4-6-13(33-3)7-5-12/h4-7,10-11,14-16,18,22,30-31H,8-9,23H2,1-3H3,(H,27,32)/t14-,15+,16+,18-,22-/m0/s1. The van der Waals surface area contributed by atoms with Crippen molar-refractivity contribution in [1.82, 2.24) is 24.8 Å². The second-order valence-electron chi connectivity index (χ2n) is 8.35. The van der Waals surface area contributed by atoms with Gasteiger partial charge < -0.3 is 35.6 Å². The number of hydrogen-bond donors (Lipinski definition) is 4. The predicted molar refractivity (Wildman–Crippen MR) is 123 cm³/mol. The second-order valence-corrected chi connectivity index (χ2v) is 8.35. The first-order valence-electron chi connectivity index (χ1n) is 10.8. The molecule has 1 aliphatic rings.